The fourth-order valence-electron chi connectivity index (χ4n) is 1.83. The molecule has 2 N–H and O–H groups in total. The Morgan fingerprint density at radius 1 is 0.941 bits per heavy atom. The van der Waals surface area contributed by atoms with Gasteiger partial charge in [-0.15, -0.1) is 0 Å². The van der Waals surface area contributed by atoms with Crippen LogP contribution in [0, 0.1) is 0 Å². The van der Waals surface area contributed by atoms with Gasteiger partial charge < -0.3 is 18.8 Å². The molecule has 0 bridgehead atoms. The third-order valence-electron chi connectivity index (χ3n) is 2.78. The zero-order chi connectivity index (χ0) is 13.7. The second-order valence-corrected chi connectivity index (χ2v) is 8.23. The Kier molecular flexibility index (Phi) is 6.58. The van der Waals surface area contributed by atoms with E-state index in [1.165, 1.54) is 0 Å². The van der Waals surface area contributed by atoms with Crippen molar-refractivity contribution in [3.63, 3.8) is 0 Å². The molecule has 0 fully saturated rings. The molecule has 0 aliphatic rings. The highest BCUT2D eigenvalue weighted by atomic mass is 31.2. The van der Waals surface area contributed by atoms with E-state index in [9.17, 15) is 18.9 Å². The number of rotatable bonds is 8. The summed E-state index contributed by atoms with van der Waals surface area (Å²) in [6.45, 7) is 6.54. The first-order chi connectivity index (χ1) is 7.74. The molecule has 0 radical (unpaired) electrons. The van der Waals surface area contributed by atoms with E-state index in [0.717, 1.165) is 0 Å². The molecule has 0 aromatic carbocycles. The second-order valence-electron chi connectivity index (χ2n) is 3.57. The summed E-state index contributed by atoms with van der Waals surface area (Å²) < 4.78 is 34.5. The summed E-state index contributed by atoms with van der Waals surface area (Å²) in [6, 6.07) is 0. The zero-order valence-electron chi connectivity index (χ0n) is 10.8. The molecule has 0 atom stereocenters. The lowest BCUT2D eigenvalue weighted by Crippen LogP contribution is -2.29. The number of hydrogen-bond donors (Lipinski definition) is 2. The maximum atomic E-state index is 12.6. The predicted octanol–water partition coefficient (Wildman–Crippen LogP) is 2.95. The Labute approximate surface area is 102 Å². The molecule has 0 aromatic rings. The predicted molar refractivity (Wildman–Crippen MR) is 66.2 cm³/mol. The van der Waals surface area contributed by atoms with Gasteiger partial charge in [-0.3, -0.25) is 9.13 Å². The fourth-order valence-corrected chi connectivity index (χ4v) is 6.28. The van der Waals surface area contributed by atoms with Crippen molar-refractivity contribution in [2.24, 2.45) is 0 Å². The van der Waals surface area contributed by atoms with Crippen LogP contribution in [0.5, 0.6) is 0 Å². The molecule has 8 heteroatoms. The molecule has 0 heterocycles. The van der Waals surface area contributed by atoms with Crippen LogP contribution in [-0.4, -0.2) is 27.9 Å². The van der Waals surface area contributed by atoms with Gasteiger partial charge in [0.2, 0.25) is 0 Å². The molecule has 0 unspecified atom stereocenters. The standard InChI is InChI=1S/C9H22O6P2/c1-5-9(6-2,16(10,11)12)17(13,14-7-3)15-8-4/h5-8H2,1-4H3,(H2,10,11,12). The molecule has 0 amide bonds. The molecule has 104 valence electrons. The van der Waals surface area contributed by atoms with Gasteiger partial charge in [-0.25, -0.2) is 0 Å². The summed E-state index contributed by atoms with van der Waals surface area (Å²) >= 11 is 0. The third kappa shape index (κ3) is 3.19. The first-order valence-electron chi connectivity index (χ1n) is 5.69. The van der Waals surface area contributed by atoms with E-state index < -0.39 is 20.1 Å². The van der Waals surface area contributed by atoms with E-state index in [0.29, 0.717) is 0 Å². The topological polar surface area (TPSA) is 93.1 Å². The zero-order valence-corrected chi connectivity index (χ0v) is 12.5. The Hall–Kier alpha value is 0.300. The van der Waals surface area contributed by atoms with Gasteiger partial charge in [0.25, 0.3) is 0 Å². The van der Waals surface area contributed by atoms with Crippen molar-refractivity contribution in [2.45, 2.75) is 45.4 Å². The first kappa shape index (κ1) is 17.3. The molecule has 0 aliphatic carbocycles. The lowest BCUT2D eigenvalue weighted by molar-refractivity contribution is 0.197. The van der Waals surface area contributed by atoms with Gasteiger partial charge >= 0.3 is 15.2 Å². The minimum atomic E-state index is -4.60. The molecule has 0 saturated heterocycles. The molecule has 0 aliphatic heterocycles. The van der Waals surface area contributed by atoms with Crippen LogP contribution in [0.1, 0.15) is 40.5 Å². The average molecular weight is 288 g/mol. The quantitative estimate of drug-likeness (QED) is 0.667. The molecule has 0 rings (SSSR count). The minimum absolute atomic E-state index is 0.0328. The van der Waals surface area contributed by atoms with Crippen molar-refractivity contribution >= 4 is 15.2 Å². The average Bonchev–Trinajstić information content (AvgIpc) is 2.18. The van der Waals surface area contributed by atoms with Crippen molar-refractivity contribution in [3.05, 3.63) is 0 Å². The highest BCUT2D eigenvalue weighted by molar-refractivity contribution is 7.73. The Balaban J connectivity index is 5.70. The van der Waals surface area contributed by atoms with Crippen molar-refractivity contribution in [2.75, 3.05) is 13.2 Å². The second kappa shape index (κ2) is 6.46. The molecular formula is C9H22O6P2. The normalized spacial score (nSPS) is 14.0. The van der Waals surface area contributed by atoms with E-state index in [1.54, 1.807) is 27.7 Å². The monoisotopic (exact) mass is 288 g/mol. The van der Waals surface area contributed by atoms with Gasteiger partial charge in [0, 0.05) is 0 Å². The number of hydrogen-bond acceptors (Lipinski definition) is 4. The summed E-state index contributed by atoms with van der Waals surface area (Å²) in [5.41, 5.74) is 0. The maximum absolute atomic E-state index is 12.6. The van der Waals surface area contributed by atoms with Crippen molar-refractivity contribution in [1.29, 1.82) is 0 Å². The third-order valence-corrected chi connectivity index (χ3v) is 8.86. The largest absolute Gasteiger partial charge is 0.348 e. The Bertz CT molecular complexity index is 309. The smallest absolute Gasteiger partial charge is 0.324 e. The van der Waals surface area contributed by atoms with Crippen molar-refractivity contribution < 1.29 is 28.0 Å². The molecule has 0 spiro atoms. The summed E-state index contributed by atoms with van der Waals surface area (Å²) in [4.78, 5) is 17.2. The van der Waals surface area contributed by atoms with Gasteiger partial charge in [0.05, 0.1) is 13.2 Å². The summed E-state index contributed by atoms with van der Waals surface area (Å²) in [6.07, 6.45) is 0.0656. The van der Waals surface area contributed by atoms with Gasteiger partial charge in [-0.1, -0.05) is 13.8 Å². The van der Waals surface area contributed by atoms with E-state index in [2.05, 4.69) is 0 Å². The van der Waals surface area contributed by atoms with E-state index in [1.807, 2.05) is 0 Å². The summed E-state index contributed by atoms with van der Waals surface area (Å²) in [5, 5.41) is 0. The highest BCUT2D eigenvalue weighted by Crippen LogP contribution is 2.76. The van der Waals surface area contributed by atoms with E-state index >= 15 is 0 Å². The molecular weight excluding hydrogens is 266 g/mol. The molecule has 17 heavy (non-hydrogen) atoms. The van der Waals surface area contributed by atoms with Crippen LogP contribution in [0.4, 0.5) is 0 Å². The summed E-state index contributed by atoms with van der Waals surface area (Å²) in [5.74, 6) is 0. The Morgan fingerprint density at radius 2 is 1.29 bits per heavy atom. The first-order valence-corrected chi connectivity index (χ1v) is 8.85. The van der Waals surface area contributed by atoms with Crippen LogP contribution in [0.25, 0.3) is 0 Å². The molecule has 6 nitrogen and oxygen atoms in total. The lowest BCUT2D eigenvalue weighted by Gasteiger charge is -2.37. The van der Waals surface area contributed by atoms with Crippen LogP contribution >= 0.6 is 15.2 Å². The summed E-state index contributed by atoms with van der Waals surface area (Å²) in [7, 11) is -8.45. The highest BCUT2D eigenvalue weighted by Gasteiger charge is 2.60. The van der Waals surface area contributed by atoms with E-state index in [4.69, 9.17) is 9.05 Å². The SMILES string of the molecule is CCOP(=O)(OCC)C(CC)(CC)P(=O)(O)O. The van der Waals surface area contributed by atoms with Crippen LogP contribution < -0.4 is 0 Å². The van der Waals surface area contributed by atoms with Gasteiger partial charge in [-0.05, 0) is 26.7 Å². The van der Waals surface area contributed by atoms with E-state index in [-0.39, 0.29) is 26.1 Å². The van der Waals surface area contributed by atoms with Gasteiger partial charge in [-0.2, -0.15) is 0 Å². The molecule has 0 aromatic heterocycles. The Morgan fingerprint density at radius 3 is 1.47 bits per heavy atom. The maximum Gasteiger partial charge on any atom is 0.348 e. The van der Waals surface area contributed by atoms with Gasteiger partial charge in [0.15, 0.2) is 4.90 Å². The fraction of sp³-hybridized carbons (Fsp3) is 1.00. The van der Waals surface area contributed by atoms with Gasteiger partial charge in [0.1, 0.15) is 0 Å². The van der Waals surface area contributed by atoms with Crippen molar-refractivity contribution in [1.82, 2.24) is 0 Å². The van der Waals surface area contributed by atoms with Crippen LogP contribution in [0.3, 0.4) is 0 Å². The molecule has 0 saturated carbocycles. The van der Waals surface area contributed by atoms with Crippen LogP contribution in [-0.2, 0) is 18.2 Å². The lowest BCUT2D eigenvalue weighted by atomic mass is 10.2. The minimum Gasteiger partial charge on any atom is -0.324 e. The van der Waals surface area contributed by atoms with Crippen LogP contribution in [0.2, 0.25) is 0 Å². The van der Waals surface area contributed by atoms with Crippen LogP contribution in [0.15, 0.2) is 0 Å². The van der Waals surface area contributed by atoms with Crippen molar-refractivity contribution in [3.8, 4) is 0 Å².